The molecule has 2 aromatic carbocycles. The van der Waals surface area contributed by atoms with Crippen LogP contribution in [0.1, 0.15) is 41.7 Å². The molecule has 192 valence electrons. The molecule has 3 aromatic heterocycles. The number of aromatic nitrogens is 5. The molecule has 0 spiro atoms. The summed E-state index contributed by atoms with van der Waals surface area (Å²) < 4.78 is 3.66. The van der Waals surface area contributed by atoms with Crippen LogP contribution in [0.25, 0.3) is 27.6 Å². The van der Waals surface area contributed by atoms with Crippen LogP contribution >= 0.6 is 11.6 Å². The van der Waals surface area contributed by atoms with Gasteiger partial charge in [-0.05, 0) is 68.9 Å². The summed E-state index contributed by atoms with van der Waals surface area (Å²) in [5, 5.41) is 4.43. The van der Waals surface area contributed by atoms with Gasteiger partial charge in [0.2, 0.25) is 0 Å². The monoisotopic (exact) mass is 526 g/mol. The number of nitrogens with zero attached hydrogens (tertiary/aromatic N) is 5. The van der Waals surface area contributed by atoms with Crippen LogP contribution in [0.5, 0.6) is 0 Å². The van der Waals surface area contributed by atoms with Gasteiger partial charge in [0.15, 0.2) is 0 Å². The molecule has 6 rings (SSSR count). The van der Waals surface area contributed by atoms with Crippen molar-refractivity contribution in [1.29, 1.82) is 0 Å². The van der Waals surface area contributed by atoms with Crippen molar-refractivity contribution in [3.63, 3.8) is 0 Å². The van der Waals surface area contributed by atoms with E-state index in [0.717, 1.165) is 53.3 Å². The molecule has 1 aliphatic carbocycles. The van der Waals surface area contributed by atoms with Crippen LogP contribution in [-0.4, -0.2) is 36.0 Å². The Bertz CT molecular complexity index is 1710. The fraction of sp³-hybridized carbons (Fsp3) is 0.276. The maximum atomic E-state index is 13.8. The summed E-state index contributed by atoms with van der Waals surface area (Å²) in [6.07, 6.45) is 8.38. The summed E-state index contributed by atoms with van der Waals surface area (Å²) >= 11 is 6.05. The van der Waals surface area contributed by atoms with Gasteiger partial charge in [-0.3, -0.25) is 18.9 Å². The van der Waals surface area contributed by atoms with Crippen LogP contribution in [-0.2, 0) is 6.54 Å². The molecule has 1 aliphatic rings. The molecule has 1 amide bonds. The summed E-state index contributed by atoms with van der Waals surface area (Å²) in [5.41, 5.74) is 4.45. The minimum Gasteiger partial charge on any atom is -0.349 e. The van der Waals surface area contributed by atoms with Gasteiger partial charge in [0.1, 0.15) is 6.33 Å². The predicted octanol–water partition coefficient (Wildman–Crippen LogP) is 5.08. The van der Waals surface area contributed by atoms with Crippen LogP contribution in [0.15, 0.2) is 72.0 Å². The van der Waals surface area contributed by atoms with Gasteiger partial charge in [-0.25, -0.2) is 14.8 Å². The number of aryl methyl sites for hydroxylation is 1. The maximum Gasteiger partial charge on any atom is 0.333 e. The number of benzene rings is 2. The highest BCUT2D eigenvalue weighted by Gasteiger charge is 2.26. The largest absolute Gasteiger partial charge is 0.349 e. The summed E-state index contributed by atoms with van der Waals surface area (Å²) in [4.78, 5) is 39.4. The average Bonchev–Trinajstić information content (AvgIpc) is 3.21. The molecule has 9 heteroatoms. The van der Waals surface area contributed by atoms with Crippen LogP contribution in [0.2, 0.25) is 5.02 Å². The molecule has 0 aliphatic heterocycles. The van der Waals surface area contributed by atoms with Gasteiger partial charge in [-0.1, -0.05) is 29.8 Å². The first-order valence-electron chi connectivity index (χ1n) is 12.8. The lowest BCUT2D eigenvalue weighted by molar-refractivity contribution is 0.0919. The Kier molecular flexibility index (Phi) is 6.41. The predicted molar refractivity (Wildman–Crippen MR) is 148 cm³/mol. The molecule has 0 bridgehead atoms. The molecular formula is C29H27ClN6O2. The average molecular weight is 527 g/mol. The molecule has 1 N–H and O–H groups in total. The Morgan fingerprint density at radius 3 is 2.63 bits per heavy atom. The number of carbonyl (C=O) groups excluding carboxylic acids is 1. The van der Waals surface area contributed by atoms with E-state index in [0.29, 0.717) is 28.7 Å². The zero-order valence-electron chi connectivity index (χ0n) is 21.0. The first-order valence-corrected chi connectivity index (χ1v) is 13.2. The van der Waals surface area contributed by atoms with Crippen LogP contribution < -0.4 is 11.0 Å². The van der Waals surface area contributed by atoms with E-state index >= 15 is 0 Å². The lowest BCUT2D eigenvalue weighted by Gasteiger charge is -2.29. The van der Waals surface area contributed by atoms with E-state index in [1.165, 1.54) is 6.33 Å². The molecule has 1 saturated carbocycles. The summed E-state index contributed by atoms with van der Waals surface area (Å²) in [5.74, 6) is 0.199. The van der Waals surface area contributed by atoms with Crippen molar-refractivity contribution in [2.24, 2.45) is 5.92 Å². The van der Waals surface area contributed by atoms with Crippen molar-refractivity contribution in [3.8, 4) is 5.69 Å². The molecule has 3 heterocycles. The Balaban J connectivity index is 1.23. The van der Waals surface area contributed by atoms with Crippen LogP contribution in [0.3, 0.4) is 0 Å². The highest BCUT2D eigenvalue weighted by Crippen LogP contribution is 2.29. The second-order valence-corrected chi connectivity index (χ2v) is 10.4. The molecule has 5 aromatic rings. The Morgan fingerprint density at radius 1 is 1.03 bits per heavy atom. The lowest BCUT2D eigenvalue weighted by Crippen LogP contribution is -2.39. The first-order chi connectivity index (χ1) is 18.5. The number of carbonyl (C=O) groups is 1. The Morgan fingerprint density at radius 2 is 1.82 bits per heavy atom. The molecule has 38 heavy (non-hydrogen) atoms. The number of pyridine rings is 1. The number of amides is 1. The number of hydrogen-bond acceptors (Lipinski definition) is 5. The van der Waals surface area contributed by atoms with E-state index < -0.39 is 0 Å². The van der Waals surface area contributed by atoms with Gasteiger partial charge in [0.05, 0.1) is 38.5 Å². The third kappa shape index (κ3) is 4.45. The molecule has 0 unspecified atom stereocenters. The van der Waals surface area contributed by atoms with Crippen molar-refractivity contribution in [1.82, 2.24) is 29.4 Å². The Labute approximate surface area is 224 Å². The number of nitrogens with one attached hydrogen (secondary N) is 1. The first kappa shape index (κ1) is 24.3. The zero-order chi connectivity index (χ0) is 26.2. The van der Waals surface area contributed by atoms with Gasteiger partial charge in [0, 0.05) is 30.4 Å². The standard InChI is InChI=1S/C29H27ClN6O2/c1-18-22(13-20(30)14-32-18)28(37)34-21-11-9-19(10-12-21)16-35-26-6-2-3-7-27(26)36(29(35)38)25-8-4-5-24-23(25)15-31-17-33-24/h2-8,13-15,17,19,21H,9-12,16H2,1H3,(H,34,37)/t19-,21-. The number of para-hydroxylation sites is 2. The number of fused-ring (bicyclic) bond motifs is 2. The van der Waals surface area contributed by atoms with Gasteiger partial charge in [0.25, 0.3) is 5.91 Å². The van der Waals surface area contributed by atoms with Crippen LogP contribution in [0.4, 0.5) is 0 Å². The molecule has 8 nitrogen and oxygen atoms in total. The SMILES string of the molecule is Cc1ncc(Cl)cc1C(=O)N[C@H]1CC[C@H](Cn2c(=O)n(-c3cccc4ncncc34)c3ccccc32)CC1. The van der Waals surface area contributed by atoms with E-state index in [-0.39, 0.29) is 17.6 Å². The minimum atomic E-state index is -0.140. The second-order valence-electron chi connectivity index (χ2n) is 9.93. The molecular weight excluding hydrogens is 500 g/mol. The van der Waals surface area contributed by atoms with Gasteiger partial charge in [-0.2, -0.15) is 0 Å². The third-order valence-corrected chi connectivity index (χ3v) is 7.73. The zero-order valence-corrected chi connectivity index (χ0v) is 21.7. The lowest BCUT2D eigenvalue weighted by atomic mass is 9.85. The molecule has 0 atom stereocenters. The summed E-state index contributed by atoms with van der Waals surface area (Å²) in [7, 11) is 0. The highest BCUT2D eigenvalue weighted by molar-refractivity contribution is 6.30. The molecule has 0 radical (unpaired) electrons. The topological polar surface area (TPSA) is 94.7 Å². The second kappa shape index (κ2) is 10.0. The van der Waals surface area contributed by atoms with Crippen molar-refractivity contribution in [2.75, 3.05) is 0 Å². The fourth-order valence-corrected chi connectivity index (χ4v) is 5.71. The fourth-order valence-electron chi connectivity index (χ4n) is 5.55. The summed E-state index contributed by atoms with van der Waals surface area (Å²) in [6, 6.07) is 15.4. The van der Waals surface area contributed by atoms with Crippen molar-refractivity contribution < 1.29 is 4.79 Å². The maximum absolute atomic E-state index is 13.8. The normalized spacial score (nSPS) is 17.6. The van der Waals surface area contributed by atoms with Crippen molar-refractivity contribution in [3.05, 3.63) is 94.0 Å². The van der Waals surface area contributed by atoms with Crippen molar-refractivity contribution >= 4 is 39.4 Å². The van der Waals surface area contributed by atoms with Gasteiger partial charge >= 0.3 is 5.69 Å². The molecule has 0 saturated heterocycles. The highest BCUT2D eigenvalue weighted by atomic mass is 35.5. The molecule has 1 fully saturated rings. The van der Waals surface area contributed by atoms with Crippen LogP contribution in [0, 0.1) is 12.8 Å². The van der Waals surface area contributed by atoms with E-state index in [4.69, 9.17) is 11.6 Å². The van der Waals surface area contributed by atoms with Gasteiger partial charge in [-0.15, -0.1) is 0 Å². The van der Waals surface area contributed by atoms with E-state index in [2.05, 4.69) is 20.3 Å². The number of halogens is 1. The smallest absolute Gasteiger partial charge is 0.333 e. The van der Waals surface area contributed by atoms with Gasteiger partial charge < -0.3 is 5.32 Å². The van der Waals surface area contributed by atoms with E-state index in [9.17, 15) is 9.59 Å². The third-order valence-electron chi connectivity index (χ3n) is 7.52. The van der Waals surface area contributed by atoms with E-state index in [1.807, 2.05) is 54.0 Å². The number of imidazole rings is 1. The van der Waals surface area contributed by atoms with Crippen molar-refractivity contribution in [2.45, 2.75) is 45.2 Å². The Hall–Kier alpha value is -4.04. The number of hydrogen-bond donors (Lipinski definition) is 1. The summed E-state index contributed by atoms with van der Waals surface area (Å²) in [6.45, 7) is 2.44. The quantitative estimate of drug-likeness (QED) is 0.344. The minimum absolute atomic E-state index is 0.0677. The van der Waals surface area contributed by atoms with E-state index in [1.54, 1.807) is 23.0 Å². The number of rotatable bonds is 5.